The van der Waals surface area contributed by atoms with Gasteiger partial charge in [0.15, 0.2) is 0 Å². The van der Waals surface area contributed by atoms with Crippen molar-refractivity contribution in [2.75, 3.05) is 20.1 Å². The Morgan fingerprint density at radius 1 is 1.03 bits per heavy atom. The first-order valence-electron chi connectivity index (χ1n) is 10.2. The van der Waals surface area contributed by atoms with Crippen molar-refractivity contribution in [2.24, 2.45) is 5.10 Å². The molecule has 1 saturated heterocycles. The van der Waals surface area contributed by atoms with Gasteiger partial charge in [0.2, 0.25) is 0 Å². The zero-order chi connectivity index (χ0) is 20.3. The molecule has 0 bridgehead atoms. The van der Waals surface area contributed by atoms with E-state index in [-0.39, 0.29) is 5.75 Å². The van der Waals surface area contributed by atoms with Gasteiger partial charge in [-0.05, 0) is 61.2 Å². The first-order chi connectivity index (χ1) is 14.0. The van der Waals surface area contributed by atoms with E-state index in [1.807, 2.05) is 30.4 Å². The minimum absolute atomic E-state index is 0.227. The summed E-state index contributed by atoms with van der Waals surface area (Å²) in [5, 5.41) is 26.6. The van der Waals surface area contributed by atoms with Crippen molar-refractivity contribution >= 4 is 6.21 Å². The van der Waals surface area contributed by atoms with Crippen molar-refractivity contribution in [2.45, 2.75) is 43.9 Å². The Kier molecular flexibility index (Phi) is 5.74. The number of piperidine rings is 1. The summed E-state index contributed by atoms with van der Waals surface area (Å²) in [6.07, 6.45) is 5.28. The molecule has 29 heavy (non-hydrogen) atoms. The number of aliphatic hydroxyl groups is 1. The number of likely N-dealkylation sites (tertiary alicyclic amines) is 1. The normalized spacial score (nSPS) is 21.4. The average molecular weight is 396 g/mol. The van der Waals surface area contributed by atoms with Crippen LogP contribution in [-0.4, -0.2) is 58.1 Å². The van der Waals surface area contributed by atoms with E-state index in [0.717, 1.165) is 51.1 Å². The smallest absolute Gasteiger partial charge is 0.127 e. The number of hydrogen-bond acceptors (Lipinski definition) is 6. The molecule has 2 heterocycles. The van der Waals surface area contributed by atoms with E-state index in [1.54, 1.807) is 24.3 Å². The fourth-order valence-corrected chi connectivity index (χ4v) is 4.10. The van der Waals surface area contributed by atoms with E-state index in [0.29, 0.717) is 11.8 Å². The Hall–Kier alpha value is -2.57. The molecule has 2 N–H and O–H groups in total. The van der Waals surface area contributed by atoms with Crippen LogP contribution in [0.1, 0.15) is 31.2 Å². The lowest BCUT2D eigenvalue weighted by Crippen LogP contribution is -2.47. The Morgan fingerprint density at radius 3 is 2.24 bits per heavy atom. The van der Waals surface area contributed by atoms with Gasteiger partial charge in [0, 0.05) is 39.3 Å². The van der Waals surface area contributed by atoms with E-state index < -0.39 is 5.60 Å². The van der Waals surface area contributed by atoms with Gasteiger partial charge in [-0.3, -0.25) is 9.91 Å². The Labute approximate surface area is 172 Å². The number of benzene rings is 2. The summed E-state index contributed by atoms with van der Waals surface area (Å²) in [5.41, 5.74) is 0.655. The lowest BCUT2D eigenvalue weighted by atomic mass is 9.84. The third kappa shape index (κ3) is 5.08. The number of rotatable bonds is 6. The molecule has 2 aromatic rings. The van der Waals surface area contributed by atoms with Gasteiger partial charge in [0.05, 0.1) is 11.6 Å². The predicted molar refractivity (Wildman–Crippen MR) is 113 cm³/mol. The zero-order valence-electron chi connectivity index (χ0n) is 16.9. The molecular formula is C23H29N3O3. The van der Waals surface area contributed by atoms with Crippen LogP contribution in [0.15, 0.2) is 53.6 Å². The topological polar surface area (TPSA) is 68.5 Å². The number of hydrazone groups is 1. The molecule has 6 heteroatoms. The van der Waals surface area contributed by atoms with Crippen LogP contribution >= 0.6 is 0 Å². The van der Waals surface area contributed by atoms with Crippen LogP contribution in [0.2, 0.25) is 0 Å². The maximum atomic E-state index is 11.0. The van der Waals surface area contributed by atoms with E-state index in [4.69, 9.17) is 4.74 Å². The molecule has 1 fully saturated rings. The molecule has 0 saturated carbocycles. The second kappa shape index (κ2) is 8.43. The van der Waals surface area contributed by atoms with Gasteiger partial charge in [-0.2, -0.15) is 5.10 Å². The Balaban J connectivity index is 1.26. The van der Waals surface area contributed by atoms with E-state index in [2.05, 4.69) is 22.1 Å². The number of phenols is 1. The van der Waals surface area contributed by atoms with E-state index in [1.165, 1.54) is 5.56 Å². The molecule has 0 radical (unpaired) electrons. The van der Waals surface area contributed by atoms with Gasteiger partial charge in [-0.15, -0.1) is 0 Å². The quantitative estimate of drug-likeness (QED) is 0.782. The molecule has 0 amide bonds. The van der Waals surface area contributed by atoms with E-state index >= 15 is 0 Å². The van der Waals surface area contributed by atoms with Gasteiger partial charge in [-0.25, -0.2) is 0 Å². The molecule has 2 aliphatic heterocycles. The van der Waals surface area contributed by atoms with Crippen LogP contribution in [-0.2, 0) is 6.54 Å². The molecule has 0 aliphatic carbocycles. The van der Waals surface area contributed by atoms with E-state index in [9.17, 15) is 10.2 Å². The first kappa shape index (κ1) is 19.7. The maximum absolute atomic E-state index is 11.0. The number of phenolic OH excluding ortho intramolecular Hbond substituents is 1. The molecule has 1 unspecified atom stereocenters. The van der Waals surface area contributed by atoms with Gasteiger partial charge in [0.1, 0.15) is 17.2 Å². The minimum atomic E-state index is -0.578. The first-order valence-corrected chi connectivity index (χ1v) is 10.2. The third-order valence-corrected chi connectivity index (χ3v) is 5.97. The monoisotopic (exact) mass is 395 g/mol. The van der Waals surface area contributed by atoms with Crippen molar-refractivity contribution in [1.29, 1.82) is 0 Å². The van der Waals surface area contributed by atoms with Crippen LogP contribution in [0.25, 0.3) is 0 Å². The average Bonchev–Trinajstić information content (AvgIpc) is 3.11. The maximum Gasteiger partial charge on any atom is 0.127 e. The van der Waals surface area contributed by atoms with Gasteiger partial charge < -0.3 is 14.9 Å². The molecule has 0 spiro atoms. The standard InChI is InChI=1S/C23H29N3O3/c1-25-19(10-13-24-25)16-23(28)11-14-26(15-12-23)17-18-2-6-21(7-3-18)29-22-8-4-20(27)5-9-22/h2-9,13,19,27-28H,10-12,14-17H2,1H3. The summed E-state index contributed by atoms with van der Waals surface area (Å²) in [5.74, 6) is 1.70. The Morgan fingerprint density at radius 2 is 1.66 bits per heavy atom. The minimum Gasteiger partial charge on any atom is -0.508 e. The second-order valence-electron chi connectivity index (χ2n) is 8.21. The van der Waals surface area contributed by atoms with Crippen molar-refractivity contribution < 1.29 is 14.9 Å². The highest BCUT2D eigenvalue weighted by Gasteiger charge is 2.36. The summed E-state index contributed by atoms with van der Waals surface area (Å²) in [6, 6.07) is 15.1. The zero-order valence-corrected chi connectivity index (χ0v) is 16.9. The third-order valence-electron chi connectivity index (χ3n) is 5.97. The fourth-order valence-electron chi connectivity index (χ4n) is 4.10. The fraction of sp³-hybridized carbons (Fsp3) is 0.435. The Bertz CT molecular complexity index is 827. The molecular weight excluding hydrogens is 366 g/mol. The van der Waals surface area contributed by atoms with Crippen LogP contribution in [0.4, 0.5) is 0 Å². The summed E-state index contributed by atoms with van der Waals surface area (Å²) in [7, 11) is 1.99. The van der Waals surface area contributed by atoms with Crippen molar-refractivity contribution in [3.63, 3.8) is 0 Å². The van der Waals surface area contributed by atoms with Gasteiger partial charge in [0.25, 0.3) is 0 Å². The van der Waals surface area contributed by atoms with Gasteiger partial charge in [-0.1, -0.05) is 12.1 Å². The van der Waals surface area contributed by atoms with Crippen molar-refractivity contribution in [3.8, 4) is 17.2 Å². The highest BCUT2D eigenvalue weighted by Crippen LogP contribution is 2.31. The van der Waals surface area contributed by atoms with Crippen molar-refractivity contribution in [1.82, 2.24) is 9.91 Å². The SMILES string of the molecule is CN1N=CCC1CC1(O)CCN(Cc2ccc(Oc3ccc(O)cc3)cc2)CC1. The number of ether oxygens (including phenoxy) is 1. The number of aromatic hydroxyl groups is 1. The highest BCUT2D eigenvalue weighted by molar-refractivity contribution is 5.59. The molecule has 2 aliphatic rings. The molecule has 4 rings (SSSR count). The van der Waals surface area contributed by atoms with Crippen molar-refractivity contribution in [3.05, 3.63) is 54.1 Å². The largest absolute Gasteiger partial charge is 0.508 e. The summed E-state index contributed by atoms with van der Waals surface area (Å²) in [6.45, 7) is 2.68. The highest BCUT2D eigenvalue weighted by atomic mass is 16.5. The van der Waals surface area contributed by atoms with Gasteiger partial charge >= 0.3 is 0 Å². The lowest BCUT2D eigenvalue weighted by Gasteiger charge is -2.40. The summed E-state index contributed by atoms with van der Waals surface area (Å²) < 4.78 is 5.81. The summed E-state index contributed by atoms with van der Waals surface area (Å²) >= 11 is 0. The molecule has 0 aromatic heterocycles. The second-order valence-corrected chi connectivity index (χ2v) is 8.21. The lowest BCUT2D eigenvalue weighted by molar-refractivity contribution is -0.0432. The van der Waals surface area contributed by atoms with Crippen LogP contribution < -0.4 is 4.74 Å². The van der Waals surface area contributed by atoms with Crippen LogP contribution in [0.3, 0.4) is 0 Å². The molecule has 2 aromatic carbocycles. The molecule has 1 atom stereocenters. The number of hydrogen-bond donors (Lipinski definition) is 2. The van der Waals surface area contributed by atoms with Crippen LogP contribution in [0, 0.1) is 0 Å². The molecule has 154 valence electrons. The molecule has 6 nitrogen and oxygen atoms in total. The summed E-state index contributed by atoms with van der Waals surface area (Å²) in [4.78, 5) is 2.40. The van der Waals surface area contributed by atoms with Crippen LogP contribution in [0.5, 0.6) is 17.2 Å². The predicted octanol–water partition coefficient (Wildman–Crippen LogP) is 3.59. The number of nitrogens with zero attached hydrogens (tertiary/aromatic N) is 3.